The van der Waals surface area contributed by atoms with Crippen molar-refractivity contribution in [1.82, 2.24) is 5.32 Å². The number of carbonyl (C=O) groups excluding carboxylic acids is 1. The summed E-state index contributed by atoms with van der Waals surface area (Å²) in [6.07, 6.45) is 1.13. The van der Waals surface area contributed by atoms with Gasteiger partial charge in [0, 0.05) is 5.56 Å². The third-order valence-electron chi connectivity index (χ3n) is 4.78. The van der Waals surface area contributed by atoms with Gasteiger partial charge in [-0.25, -0.2) is 8.42 Å². The summed E-state index contributed by atoms with van der Waals surface area (Å²) in [7, 11) is -1.99. The molecular weight excluding hydrogens is 464 g/mol. The van der Waals surface area contributed by atoms with Crippen molar-refractivity contribution in [3.05, 3.63) is 88.9 Å². The average Bonchev–Trinajstić information content (AvgIpc) is 2.80. The Kier molecular flexibility index (Phi) is 8.19. The van der Waals surface area contributed by atoms with E-state index < -0.39 is 10.0 Å². The fourth-order valence-electron chi connectivity index (χ4n) is 3.13. The number of hydrogen-bond acceptors (Lipinski definition) is 5. The van der Waals surface area contributed by atoms with Crippen LogP contribution >= 0.6 is 11.6 Å². The van der Waals surface area contributed by atoms with Crippen molar-refractivity contribution >= 4 is 33.2 Å². The SMILES string of the molecule is COc1ccccc1OCCNC(=O)c1ccc(CN(c2ccccc2Cl)S(C)(=O)=O)cc1. The molecule has 0 atom stereocenters. The number of nitrogens with one attached hydrogen (secondary N) is 1. The number of methoxy groups -OCH3 is 1. The molecule has 33 heavy (non-hydrogen) atoms. The van der Waals surface area contributed by atoms with Gasteiger partial charge in [0.1, 0.15) is 6.61 Å². The first kappa shape index (κ1) is 24.4. The lowest BCUT2D eigenvalue weighted by molar-refractivity contribution is 0.0947. The van der Waals surface area contributed by atoms with Crippen molar-refractivity contribution in [3.63, 3.8) is 0 Å². The monoisotopic (exact) mass is 488 g/mol. The second-order valence-electron chi connectivity index (χ2n) is 7.17. The van der Waals surface area contributed by atoms with E-state index in [2.05, 4.69) is 5.32 Å². The molecule has 3 rings (SSSR count). The number of ether oxygens (including phenoxy) is 2. The van der Waals surface area contributed by atoms with Gasteiger partial charge < -0.3 is 14.8 Å². The van der Waals surface area contributed by atoms with Gasteiger partial charge in [-0.15, -0.1) is 0 Å². The maximum Gasteiger partial charge on any atom is 0.251 e. The average molecular weight is 489 g/mol. The molecule has 0 unspecified atom stereocenters. The van der Waals surface area contributed by atoms with Crippen molar-refractivity contribution < 1.29 is 22.7 Å². The van der Waals surface area contributed by atoms with Crippen LogP contribution < -0.4 is 19.1 Å². The summed E-state index contributed by atoms with van der Waals surface area (Å²) in [5, 5.41) is 3.14. The van der Waals surface area contributed by atoms with E-state index >= 15 is 0 Å². The molecule has 0 heterocycles. The molecule has 0 fully saturated rings. The summed E-state index contributed by atoms with van der Waals surface area (Å²) in [6, 6.07) is 20.8. The largest absolute Gasteiger partial charge is 0.493 e. The predicted molar refractivity (Wildman–Crippen MR) is 130 cm³/mol. The van der Waals surface area contributed by atoms with Gasteiger partial charge in [-0.3, -0.25) is 9.10 Å². The number of rotatable bonds is 10. The Morgan fingerprint density at radius 1 is 0.970 bits per heavy atom. The normalized spacial score (nSPS) is 11.0. The van der Waals surface area contributed by atoms with Crippen molar-refractivity contribution in [2.24, 2.45) is 0 Å². The smallest absolute Gasteiger partial charge is 0.251 e. The second-order valence-corrected chi connectivity index (χ2v) is 9.49. The quantitative estimate of drug-likeness (QED) is 0.434. The zero-order valence-electron chi connectivity index (χ0n) is 18.3. The summed E-state index contributed by atoms with van der Waals surface area (Å²) >= 11 is 6.20. The first-order valence-corrected chi connectivity index (χ1v) is 12.4. The molecule has 0 spiro atoms. The van der Waals surface area contributed by atoms with Crippen LogP contribution in [0.5, 0.6) is 11.5 Å². The summed E-state index contributed by atoms with van der Waals surface area (Å²) in [4.78, 5) is 12.4. The van der Waals surface area contributed by atoms with E-state index in [-0.39, 0.29) is 19.1 Å². The first-order chi connectivity index (χ1) is 15.8. The highest BCUT2D eigenvalue weighted by Gasteiger charge is 2.20. The van der Waals surface area contributed by atoms with Crippen LogP contribution in [-0.4, -0.2) is 40.8 Å². The number of carbonyl (C=O) groups is 1. The second kappa shape index (κ2) is 11.1. The lowest BCUT2D eigenvalue weighted by Crippen LogP contribution is -2.30. The molecule has 0 bridgehead atoms. The maximum atomic E-state index is 12.4. The molecule has 0 aromatic heterocycles. The Bertz CT molecular complexity index is 1200. The topological polar surface area (TPSA) is 84.9 Å². The van der Waals surface area contributed by atoms with E-state index in [1.165, 1.54) is 4.31 Å². The number of hydrogen-bond donors (Lipinski definition) is 1. The number of nitrogens with zero attached hydrogens (tertiary/aromatic N) is 1. The fraction of sp³-hybridized carbons (Fsp3) is 0.208. The van der Waals surface area contributed by atoms with Gasteiger partial charge in [-0.1, -0.05) is 48.0 Å². The van der Waals surface area contributed by atoms with E-state index in [4.69, 9.17) is 21.1 Å². The highest BCUT2D eigenvalue weighted by Crippen LogP contribution is 2.29. The standard InChI is InChI=1S/C24H25ClN2O5S/c1-31-22-9-5-6-10-23(22)32-16-15-26-24(28)19-13-11-18(12-14-19)17-27(33(2,29)30)21-8-4-3-7-20(21)25/h3-14H,15-17H2,1-2H3,(H,26,28). The van der Waals surface area contributed by atoms with Crippen molar-refractivity contribution in [3.8, 4) is 11.5 Å². The molecule has 0 radical (unpaired) electrons. The van der Waals surface area contributed by atoms with Crippen LogP contribution in [0.15, 0.2) is 72.8 Å². The lowest BCUT2D eigenvalue weighted by Gasteiger charge is -2.23. The van der Waals surface area contributed by atoms with E-state index in [0.29, 0.717) is 34.3 Å². The Labute approximate surface area is 198 Å². The molecule has 3 aromatic rings. The van der Waals surface area contributed by atoms with Gasteiger partial charge in [0.25, 0.3) is 5.91 Å². The molecule has 0 saturated heterocycles. The highest BCUT2D eigenvalue weighted by atomic mass is 35.5. The zero-order valence-corrected chi connectivity index (χ0v) is 19.9. The molecule has 0 saturated carbocycles. The van der Waals surface area contributed by atoms with Crippen molar-refractivity contribution in [2.75, 3.05) is 30.8 Å². The van der Waals surface area contributed by atoms with Gasteiger partial charge in [-0.05, 0) is 42.0 Å². The van der Waals surface area contributed by atoms with Gasteiger partial charge in [-0.2, -0.15) is 0 Å². The van der Waals surface area contributed by atoms with Crippen LogP contribution in [0.4, 0.5) is 5.69 Å². The van der Waals surface area contributed by atoms with E-state index in [0.717, 1.165) is 11.8 Å². The Balaban J connectivity index is 1.58. The van der Waals surface area contributed by atoms with E-state index in [1.807, 2.05) is 12.1 Å². The third kappa shape index (κ3) is 6.63. The number of benzene rings is 3. The van der Waals surface area contributed by atoms with Crippen molar-refractivity contribution in [1.29, 1.82) is 0 Å². The molecule has 174 valence electrons. The van der Waals surface area contributed by atoms with Gasteiger partial charge in [0.15, 0.2) is 11.5 Å². The molecular formula is C24H25ClN2O5S. The Morgan fingerprint density at radius 2 is 1.61 bits per heavy atom. The predicted octanol–water partition coefficient (Wildman–Crippen LogP) is 4.12. The first-order valence-electron chi connectivity index (χ1n) is 10.1. The molecule has 0 aliphatic heterocycles. The van der Waals surface area contributed by atoms with E-state index in [9.17, 15) is 13.2 Å². The minimum absolute atomic E-state index is 0.0945. The fourth-order valence-corrected chi connectivity index (χ4v) is 4.32. The minimum atomic E-state index is -3.56. The molecule has 7 nitrogen and oxygen atoms in total. The number of sulfonamides is 1. The Hall–Kier alpha value is -3.23. The summed E-state index contributed by atoms with van der Waals surface area (Å²) in [5.74, 6) is 0.975. The van der Waals surface area contributed by atoms with Crippen molar-refractivity contribution in [2.45, 2.75) is 6.54 Å². The Morgan fingerprint density at radius 3 is 2.24 bits per heavy atom. The van der Waals surface area contributed by atoms with Crippen LogP contribution in [0.1, 0.15) is 15.9 Å². The van der Waals surface area contributed by atoms with Gasteiger partial charge in [0.05, 0.1) is 37.2 Å². The van der Waals surface area contributed by atoms with Gasteiger partial charge >= 0.3 is 0 Å². The van der Waals surface area contributed by atoms with Crippen LogP contribution in [0.25, 0.3) is 0 Å². The summed E-state index contributed by atoms with van der Waals surface area (Å²) in [6.45, 7) is 0.690. The molecule has 0 aliphatic carbocycles. The van der Waals surface area contributed by atoms with Crippen LogP contribution in [0.3, 0.4) is 0 Å². The number of amides is 1. The number of para-hydroxylation sites is 3. The van der Waals surface area contributed by atoms with Gasteiger partial charge in [0.2, 0.25) is 10.0 Å². The minimum Gasteiger partial charge on any atom is -0.493 e. The lowest BCUT2D eigenvalue weighted by atomic mass is 10.1. The zero-order chi connectivity index (χ0) is 23.8. The maximum absolute atomic E-state index is 12.4. The number of halogens is 1. The summed E-state index contributed by atoms with van der Waals surface area (Å²) < 4.78 is 36.8. The molecule has 0 aliphatic rings. The van der Waals surface area contributed by atoms with Crippen LogP contribution in [-0.2, 0) is 16.6 Å². The third-order valence-corrected chi connectivity index (χ3v) is 6.22. The van der Waals surface area contributed by atoms with Crippen LogP contribution in [0, 0.1) is 0 Å². The highest BCUT2D eigenvalue weighted by molar-refractivity contribution is 7.92. The van der Waals surface area contributed by atoms with Crippen LogP contribution in [0.2, 0.25) is 5.02 Å². The van der Waals surface area contributed by atoms with E-state index in [1.54, 1.807) is 67.8 Å². The molecule has 3 aromatic carbocycles. The molecule has 9 heteroatoms. The molecule has 1 amide bonds. The molecule has 1 N–H and O–H groups in total. The number of anilines is 1. The summed E-state index contributed by atoms with van der Waals surface area (Å²) in [5.41, 5.74) is 1.58.